The van der Waals surface area contributed by atoms with E-state index in [9.17, 15) is 9.59 Å². The van der Waals surface area contributed by atoms with Crippen LogP contribution in [-0.4, -0.2) is 24.5 Å². The maximum atomic E-state index is 12.7. The molecule has 1 saturated heterocycles. The summed E-state index contributed by atoms with van der Waals surface area (Å²) in [7, 11) is 0. The Kier molecular flexibility index (Phi) is 4.51. The van der Waals surface area contributed by atoms with Crippen LogP contribution in [-0.2, 0) is 9.59 Å². The number of hydrogen-bond acceptors (Lipinski definition) is 4. The van der Waals surface area contributed by atoms with Gasteiger partial charge in [-0.25, -0.2) is 4.90 Å². The minimum atomic E-state index is -0.560. The number of amides is 2. The first-order chi connectivity index (χ1) is 11.6. The average molecular weight is 324 g/mol. The fraction of sp³-hybridized carbons (Fsp3) is 0.263. The highest BCUT2D eigenvalue weighted by atomic mass is 16.5. The Balaban J connectivity index is 1.83. The average Bonchev–Trinajstić information content (AvgIpc) is 2.85. The van der Waals surface area contributed by atoms with Crippen LogP contribution in [0.1, 0.15) is 18.9 Å². The molecule has 24 heavy (non-hydrogen) atoms. The summed E-state index contributed by atoms with van der Waals surface area (Å²) in [4.78, 5) is 26.4. The Hall–Kier alpha value is -2.82. The molecule has 1 aliphatic heterocycles. The summed E-state index contributed by atoms with van der Waals surface area (Å²) >= 11 is 0. The van der Waals surface area contributed by atoms with Crippen LogP contribution in [0.5, 0.6) is 5.75 Å². The van der Waals surface area contributed by atoms with Crippen LogP contribution in [0.15, 0.2) is 48.5 Å². The third kappa shape index (κ3) is 3.11. The number of imide groups is 1. The standard InChI is InChI=1S/C19H20N2O3/c1-3-24-17-7-5-4-6-16(17)21-18(22)12-15(19(21)23)20-14-10-8-13(2)9-11-14/h4-11,15,20H,3,12H2,1-2H3/t15-/m1/s1. The van der Waals surface area contributed by atoms with Gasteiger partial charge in [0.25, 0.3) is 5.91 Å². The minimum absolute atomic E-state index is 0.132. The van der Waals surface area contributed by atoms with E-state index in [2.05, 4.69) is 5.32 Å². The molecular weight excluding hydrogens is 304 g/mol. The Labute approximate surface area is 141 Å². The van der Waals surface area contributed by atoms with Gasteiger partial charge in [-0.15, -0.1) is 0 Å². The predicted octanol–water partition coefficient (Wildman–Crippen LogP) is 3.14. The van der Waals surface area contributed by atoms with Gasteiger partial charge in [-0.2, -0.15) is 0 Å². The van der Waals surface area contributed by atoms with Crippen LogP contribution in [0.25, 0.3) is 0 Å². The number of nitrogens with one attached hydrogen (secondary N) is 1. The summed E-state index contributed by atoms with van der Waals surface area (Å²) in [5.41, 5.74) is 2.47. The van der Waals surface area contributed by atoms with E-state index in [1.165, 1.54) is 4.90 Å². The molecule has 0 aromatic heterocycles. The largest absolute Gasteiger partial charge is 0.492 e. The molecule has 0 radical (unpaired) electrons. The highest BCUT2D eigenvalue weighted by Crippen LogP contribution is 2.32. The molecule has 2 aromatic rings. The first-order valence-electron chi connectivity index (χ1n) is 8.02. The molecule has 0 aliphatic carbocycles. The van der Waals surface area contributed by atoms with Gasteiger partial charge in [0.1, 0.15) is 11.8 Å². The van der Waals surface area contributed by atoms with Gasteiger partial charge >= 0.3 is 0 Å². The second kappa shape index (κ2) is 6.74. The number of carbonyl (C=O) groups is 2. The van der Waals surface area contributed by atoms with Crippen molar-refractivity contribution in [3.8, 4) is 5.75 Å². The summed E-state index contributed by atoms with van der Waals surface area (Å²) in [6.07, 6.45) is 0.132. The Morgan fingerprint density at radius 1 is 1.12 bits per heavy atom. The minimum Gasteiger partial charge on any atom is -0.492 e. The van der Waals surface area contributed by atoms with Crippen molar-refractivity contribution in [3.05, 3.63) is 54.1 Å². The molecule has 0 saturated carbocycles. The number of ether oxygens (including phenoxy) is 1. The molecule has 0 unspecified atom stereocenters. The molecule has 124 valence electrons. The first kappa shape index (κ1) is 16.1. The third-order valence-electron chi connectivity index (χ3n) is 3.95. The molecule has 5 nitrogen and oxygen atoms in total. The fourth-order valence-electron chi connectivity index (χ4n) is 2.77. The van der Waals surface area contributed by atoms with Gasteiger partial charge in [-0.3, -0.25) is 9.59 Å². The molecule has 0 bridgehead atoms. The maximum absolute atomic E-state index is 12.7. The van der Waals surface area contributed by atoms with E-state index in [0.29, 0.717) is 18.0 Å². The molecule has 5 heteroatoms. The third-order valence-corrected chi connectivity index (χ3v) is 3.95. The second-order valence-corrected chi connectivity index (χ2v) is 5.74. The van der Waals surface area contributed by atoms with Gasteiger partial charge < -0.3 is 10.1 Å². The van der Waals surface area contributed by atoms with E-state index in [1.807, 2.05) is 44.2 Å². The van der Waals surface area contributed by atoms with Crippen LogP contribution < -0.4 is 15.0 Å². The first-order valence-corrected chi connectivity index (χ1v) is 8.02. The highest BCUT2D eigenvalue weighted by Gasteiger charge is 2.40. The molecule has 2 amide bonds. The lowest BCUT2D eigenvalue weighted by Gasteiger charge is -2.19. The van der Waals surface area contributed by atoms with E-state index in [-0.39, 0.29) is 18.2 Å². The summed E-state index contributed by atoms with van der Waals surface area (Å²) in [6.45, 7) is 4.34. The second-order valence-electron chi connectivity index (χ2n) is 5.74. The van der Waals surface area contributed by atoms with Gasteiger partial charge in [-0.05, 0) is 38.1 Å². The van der Waals surface area contributed by atoms with E-state index in [4.69, 9.17) is 4.74 Å². The van der Waals surface area contributed by atoms with E-state index in [0.717, 1.165) is 11.3 Å². The van der Waals surface area contributed by atoms with Gasteiger partial charge in [0.15, 0.2) is 0 Å². The van der Waals surface area contributed by atoms with Crippen molar-refractivity contribution in [2.45, 2.75) is 26.3 Å². The van der Waals surface area contributed by atoms with Crippen molar-refractivity contribution in [1.29, 1.82) is 0 Å². The lowest BCUT2D eigenvalue weighted by Crippen LogP contribution is -2.35. The van der Waals surface area contributed by atoms with Crippen molar-refractivity contribution in [2.75, 3.05) is 16.8 Å². The number of rotatable bonds is 5. The summed E-state index contributed by atoms with van der Waals surface area (Å²) in [5.74, 6) is 0.0576. The number of para-hydroxylation sites is 2. The van der Waals surface area contributed by atoms with Crippen LogP contribution in [0.3, 0.4) is 0 Å². The van der Waals surface area contributed by atoms with Crippen molar-refractivity contribution in [2.24, 2.45) is 0 Å². The van der Waals surface area contributed by atoms with Crippen LogP contribution in [0.2, 0.25) is 0 Å². The smallest absolute Gasteiger partial charge is 0.256 e. The quantitative estimate of drug-likeness (QED) is 0.859. The summed E-state index contributed by atoms with van der Waals surface area (Å²) in [6, 6.07) is 14.3. The van der Waals surface area contributed by atoms with Gasteiger partial charge in [0, 0.05) is 5.69 Å². The Morgan fingerprint density at radius 2 is 1.83 bits per heavy atom. The SMILES string of the molecule is CCOc1ccccc1N1C(=O)C[C@@H](Nc2ccc(C)cc2)C1=O. The van der Waals surface area contributed by atoms with Crippen molar-refractivity contribution < 1.29 is 14.3 Å². The molecule has 1 N–H and O–H groups in total. The fourth-order valence-corrected chi connectivity index (χ4v) is 2.77. The van der Waals surface area contributed by atoms with Gasteiger partial charge in [0.2, 0.25) is 5.91 Å². The summed E-state index contributed by atoms with van der Waals surface area (Å²) < 4.78 is 5.55. The lowest BCUT2D eigenvalue weighted by molar-refractivity contribution is -0.121. The van der Waals surface area contributed by atoms with Crippen LogP contribution in [0, 0.1) is 6.92 Å². The zero-order valence-electron chi connectivity index (χ0n) is 13.8. The number of nitrogens with zero attached hydrogens (tertiary/aromatic N) is 1. The van der Waals surface area contributed by atoms with Crippen LogP contribution in [0.4, 0.5) is 11.4 Å². The lowest BCUT2D eigenvalue weighted by atomic mass is 10.2. The van der Waals surface area contributed by atoms with Crippen molar-refractivity contribution in [3.63, 3.8) is 0 Å². The summed E-state index contributed by atoms with van der Waals surface area (Å²) in [5, 5.41) is 3.15. The number of hydrogen-bond donors (Lipinski definition) is 1. The zero-order valence-corrected chi connectivity index (χ0v) is 13.8. The normalized spacial score (nSPS) is 17.2. The topological polar surface area (TPSA) is 58.6 Å². The molecular formula is C19H20N2O3. The van der Waals surface area contributed by atoms with Crippen molar-refractivity contribution >= 4 is 23.2 Å². The van der Waals surface area contributed by atoms with Gasteiger partial charge in [0.05, 0.1) is 18.7 Å². The molecule has 1 aliphatic rings. The van der Waals surface area contributed by atoms with E-state index < -0.39 is 6.04 Å². The maximum Gasteiger partial charge on any atom is 0.256 e. The monoisotopic (exact) mass is 324 g/mol. The number of anilines is 2. The molecule has 1 fully saturated rings. The molecule has 3 rings (SSSR count). The molecule has 0 spiro atoms. The predicted molar refractivity (Wildman–Crippen MR) is 93.3 cm³/mol. The molecule has 2 aromatic carbocycles. The van der Waals surface area contributed by atoms with Crippen molar-refractivity contribution in [1.82, 2.24) is 0 Å². The number of aryl methyl sites for hydroxylation is 1. The van der Waals surface area contributed by atoms with E-state index in [1.54, 1.807) is 18.2 Å². The molecule has 1 heterocycles. The molecule has 1 atom stereocenters. The highest BCUT2D eigenvalue weighted by molar-refractivity contribution is 6.23. The Morgan fingerprint density at radius 3 is 2.54 bits per heavy atom. The zero-order chi connectivity index (χ0) is 17.1. The van der Waals surface area contributed by atoms with E-state index >= 15 is 0 Å². The number of benzene rings is 2. The van der Waals surface area contributed by atoms with Gasteiger partial charge in [-0.1, -0.05) is 29.8 Å². The number of carbonyl (C=O) groups excluding carboxylic acids is 2. The Bertz CT molecular complexity index is 755. The van der Waals surface area contributed by atoms with Crippen LogP contribution >= 0.6 is 0 Å².